The van der Waals surface area contributed by atoms with Crippen LogP contribution < -0.4 is 0 Å². The Morgan fingerprint density at radius 2 is 2.27 bits per heavy atom. The third kappa shape index (κ3) is 1.78. The zero-order valence-corrected chi connectivity index (χ0v) is 8.90. The summed E-state index contributed by atoms with van der Waals surface area (Å²) in [5.74, 6) is 0.820. The molecular weight excluding hydrogens is 212 g/mol. The van der Waals surface area contributed by atoms with E-state index in [1.54, 1.807) is 30.6 Å². The van der Waals surface area contributed by atoms with Crippen LogP contribution in [0, 0.1) is 6.92 Å². The van der Waals surface area contributed by atoms with Crippen LogP contribution in [0.15, 0.2) is 30.6 Å². The fourth-order valence-corrected chi connectivity index (χ4v) is 1.62. The second kappa shape index (κ2) is 3.87. The summed E-state index contributed by atoms with van der Waals surface area (Å²) in [6.07, 6.45) is 4.30. The van der Waals surface area contributed by atoms with Gasteiger partial charge in [-0.1, -0.05) is 11.6 Å². The van der Waals surface area contributed by atoms with E-state index >= 15 is 0 Å². The minimum absolute atomic E-state index is 0.598. The Balaban J connectivity index is 2.65. The van der Waals surface area contributed by atoms with Crippen molar-refractivity contribution in [2.45, 2.75) is 6.92 Å². The molecule has 3 nitrogen and oxygen atoms in total. The van der Waals surface area contributed by atoms with Gasteiger partial charge in [0.2, 0.25) is 0 Å². The van der Waals surface area contributed by atoms with E-state index in [-0.39, 0.29) is 0 Å². The van der Waals surface area contributed by atoms with Gasteiger partial charge >= 0.3 is 0 Å². The molecule has 0 spiro atoms. The van der Waals surface area contributed by atoms with Crippen LogP contribution in [0.2, 0.25) is 5.02 Å². The van der Waals surface area contributed by atoms with Crippen LogP contribution >= 0.6 is 11.6 Å². The molecule has 1 aromatic carbocycles. The first-order valence-corrected chi connectivity index (χ1v) is 4.85. The van der Waals surface area contributed by atoms with Gasteiger partial charge < -0.3 is 4.57 Å². The summed E-state index contributed by atoms with van der Waals surface area (Å²) in [4.78, 5) is 15.0. The van der Waals surface area contributed by atoms with Crippen molar-refractivity contribution in [2.75, 3.05) is 0 Å². The number of carbonyl (C=O) groups excluding carboxylic acids is 1. The normalized spacial score (nSPS) is 10.3. The lowest BCUT2D eigenvalue weighted by Crippen LogP contribution is -1.99. The number of aryl methyl sites for hydroxylation is 1. The van der Waals surface area contributed by atoms with Gasteiger partial charge in [0, 0.05) is 23.0 Å². The van der Waals surface area contributed by atoms with Crippen molar-refractivity contribution < 1.29 is 4.79 Å². The molecule has 0 N–H and O–H groups in total. The Morgan fingerprint density at radius 3 is 2.87 bits per heavy atom. The van der Waals surface area contributed by atoms with Crippen LogP contribution in [0.1, 0.15) is 16.2 Å². The summed E-state index contributed by atoms with van der Waals surface area (Å²) in [5.41, 5.74) is 1.35. The van der Waals surface area contributed by atoms with E-state index in [1.807, 2.05) is 11.5 Å². The summed E-state index contributed by atoms with van der Waals surface area (Å²) in [6.45, 7) is 1.87. The highest BCUT2D eigenvalue weighted by Gasteiger charge is 2.06. The average Bonchev–Trinajstić information content (AvgIpc) is 2.64. The third-order valence-electron chi connectivity index (χ3n) is 2.20. The van der Waals surface area contributed by atoms with E-state index in [0.717, 1.165) is 17.8 Å². The zero-order valence-electron chi connectivity index (χ0n) is 8.14. The molecule has 0 aliphatic heterocycles. The van der Waals surface area contributed by atoms with Crippen molar-refractivity contribution in [3.05, 3.63) is 47.0 Å². The van der Waals surface area contributed by atoms with E-state index in [0.29, 0.717) is 10.6 Å². The number of aldehydes is 1. The maximum absolute atomic E-state index is 10.9. The van der Waals surface area contributed by atoms with Crippen LogP contribution in [-0.4, -0.2) is 15.8 Å². The summed E-state index contributed by atoms with van der Waals surface area (Å²) in [7, 11) is 0. The number of aromatic nitrogens is 2. The topological polar surface area (TPSA) is 34.9 Å². The van der Waals surface area contributed by atoms with Crippen molar-refractivity contribution >= 4 is 17.9 Å². The Labute approximate surface area is 92.3 Å². The number of hydrogen-bond acceptors (Lipinski definition) is 2. The van der Waals surface area contributed by atoms with Crippen LogP contribution in [0.5, 0.6) is 0 Å². The first-order chi connectivity index (χ1) is 7.22. The highest BCUT2D eigenvalue weighted by atomic mass is 35.5. The second-order valence-electron chi connectivity index (χ2n) is 3.17. The van der Waals surface area contributed by atoms with Crippen molar-refractivity contribution in [1.82, 2.24) is 9.55 Å². The SMILES string of the molecule is Cc1nccn1-c1cc(Cl)ccc1C=O. The lowest BCUT2D eigenvalue weighted by Gasteiger charge is -2.08. The lowest BCUT2D eigenvalue weighted by molar-refractivity contribution is 0.112. The summed E-state index contributed by atoms with van der Waals surface area (Å²) in [6, 6.07) is 5.14. The van der Waals surface area contributed by atoms with Gasteiger partial charge in [-0.3, -0.25) is 4.79 Å². The molecule has 2 aromatic rings. The molecule has 15 heavy (non-hydrogen) atoms. The molecule has 4 heteroatoms. The predicted molar refractivity (Wildman–Crippen MR) is 58.7 cm³/mol. The molecule has 2 rings (SSSR count). The Bertz CT molecular complexity index is 505. The van der Waals surface area contributed by atoms with Gasteiger partial charge in [-0.25, -0.2) is 4.98 Å². The fourth-order valence-electron chi connectivity index (χ4n) is 1.46. The minimum Gasteiger partial charge on any atom is -0.303 e. The molecular formula is C11H9ClN2O. The molecule has 1 aromatic heterocycles. The second-order valence-corrected chi connectivity index (χ2v) is 3.60. The van der Waals surface area contributed by atoms with Gasteiger partial charge in [0.25, 0.3) is 0 Å². The van der Waals surface area contributed by atoms with E-state index < -0.39 is 0 Å². The zero-order chi connectivity index (χ0) is 10.8. The van der Waals surface area contributed by atoms with E-state index in [2.05, 4.69) is 4.98 Å². The van der Waals surface area contributed by atoms with Gasteiger partial charge in [-0.05, 0) is 25.1 Å². The van der Waals surface area contributed by atoms with Crippen molar-refractivity contribution in [3.8, 4) is 5.69 Å². The van der Waals surface area contributed by atoms with Crippen molar-refractivity contribution in [2.24, 2.45) is 0 Å². The molecule has 1 heterocycles. The van der Waals surface area contributed by atoms with Crippen LogP contribution in [0.3, 0.4) is 0 Å². The van der Waals surface area contributed by atoms with Gasteiger partial charge in [-0.15, -0.1) is 0 Å². The number of carbonyl (C=O) groups is 1. The van der Waals surface area contributed by atoms with Crippen molar-refractivity contribution in [3.63, 3.8) is 0 Å². The smallest absolute Gasteiger partial charge is 0.152 e. The first kappa shape index (κ1) is 9.93. The molecule has 0 aliphatic rings. The van der Waals surface area contributed by atoms with E-state index in [9.17, 15) is 4.79 Å². The van der Waals surface area contributed by atoms with Crippen LogP contribution in [0.4, 0.5) is 0 Å². The number of halogens is 1. The van der Waals surface area contributed by atoms with Crippen molar-refractivity contribution in [1.29, 1.82) is 0 Å². The first-order valence-electron chi connectivity index (χ1n) is 4.47. The van der Waals surface area contributed by atoms with E-state index in [1.165, 1.54) is 0 Å². The maximum Gasteiger partial charge on any atom is 0.152 e. The van der Waals surface area contributed by atoms with Gasteiger partial charge in [0.1, 0.15) is 5.82 Å². The summed E-state index contributed by atoms with van der Waals surface area (Å²) < 4.78 is 1.83. The molecule has 0 fully saturated rings. The minimum atomic E-state index is 0.598. The van der Waals surface area contributed by atoms with Crippen LogP contribution in [-0.2, 0) is 0 Å². The predicted octanol–water partition coefficient (Wildman–Crippen LogP) is 2.65. The third-order valence-corrected chi connectivity index (χ3v) is 2.44. The quantitative estimate of drug-likeness (QED) is 0.730. The summed E-state index contributed by atoms with van der Waals surface area (Å²) >= 11 is 5.89. The number of benzene rings is 1. The largest absolute Gasteiger partial charge is 0.303 e. The standard InChI is InChI=1S/C11H9ClN2O/c1-8-13-4-5-14(8)11-6-10(12)3-2-9(11)7-15/h2-7H,1H3. The molecule has 0 bridgehead atoms. The highest BCUT2D eigenvalue weighted by molar-refractivity contribution is 6.30. The number of imidazole rings is 1. The number of hydrogen-bond donors (Lipinski definition) is 0. The highest BCUT2D eigenvalue weighted by Crippen LogP contribution is 2.19. The molecule has 0 unspecified atom stereocenters. The molecule has 0 aliphatic carbocycles. The monoisotopic (exact) mass is 220 g/mol. The van der Waals surface area contributed by atoms with Crippen LogP contribution in [0.25, 0.3) is 5.69 Å². The Hall–Kier alpha value is -1.61. The lowest BCUT2D eigenvalue weighted by atomic mass is 10.2. The summed E-state index contributed by atoms with van der Waals surface area (Å²) in [5, 5.41) is 0.601. The van der Waals surface area contributed by atoms with Gasteiger partial charge in [0.15, 0.2) is 6.29 Å². The molecule has 0 saturated heterocycles. The van der Waals surface area contributed by atoms with E-state index in [4.69, 9.17) is 11.6 Å². The fraction of sp³-hybridized carbons (Fsp3) is 0.0909. The molecule has 0 saturated carbocycles. The Kier molecular flexibility index (Phi) is 2.56. The molecule has 76 valence electrons. The molecule has 0 amide bonds. The average molecular weight is 221 g/mol. The number of nitrogens with zero attached hydrogens (tertiary/aromatic N) is 2. The maximum atomic E-state index is 10.9. The molecule has 0 radical (unpaired) electrons. The number of rotatable bonds is 2. The van der Waals surface area contributed by atoms with Gasteiger partial charge in [0.05, 0.1) is 5.69 Å². The Morgan fingerprint density at radius 1 is 1.47 bits per heavy atom. The van der Waals surface area contributed by atoms with Gasteiger partial charge in [-0.2, -0.15) is 0 Å². The molecule has 0 atom stereocenters.